The molecule has 1 aliphatic heterocycles. The molecule has 5 aromatic rings. The van der Waals surface area contributed by atoms with Gasteiger partial charge >= 0.3 is 0 Å². The Hall–Kier alpha value is -5.29. The molecular weight excluding hydrogens is 693 g/mol. The molecule has 1 spiro atoms. The number of allylic oxidation sites excluding steroid dienone is 1. The molecule has 4 N–H and O–H groups in total. The number of halogens is 2. The molecule has 2 heterocycles. The summed E-state index contributed by atoms with van der Waals surface area (Å²) in [5, 5.41) is 6.58. The number of carbonyl (C=O) groups excluding carboxylic acids is 2. The van der Waals surface area contributed by atoms with Crippen LogP contribution in [0.2, 0.25) is 10.0 Å². The van der Waals surface area contributed by atoms with Crippen molar-refractivity contribution in [1.82, 2.24) is 20.6 Å². The second-order valence-electron chi connectivity index (χ2n) is 11.9. The largest absolute Gasteiger partial charge is 0.497 e. The van der Waals surface area contributed by atoms with E-state index in [-0.39, 0.29) is 11.1 Å². The fraction of sp³-hybridized carbons (Fsp3) is 0.132. The molecule has 4 aromatic carbocycles. The van der Waals surface area contributed by atoms with Gasteiger partial charge in [-0.1, -0.05) is 71.7 Å². The minimum Gasteiger partial charge on any atom is -0.497 e. The molecule has 9 nitrogen and oxygen atoms in total. The highest BCUT2D eigenvalue weighted by Gasteiger charge is 2.65. The van der Waals surface area contributed by atoms with Crippen molar-refractivity contribution in [2.45, 2.75) is 11.8 Å². The molecule has 12 heteroatoms. The Bertz CT molecular complexity index is 2150. The summed E-state index contributed by atoms with van der Waals surface area (Å²) in [6.45, 7) is 0. The molecule has 1 fully saturated rings. The van der Waals surface area contributed by atoms with Crippen molar-refractivity contribution in [3.8, 4) is 22.8 Å². The average molecular weight is 723 g/mol. The lowest BCUT2D eigenvalue weighted by Crippen LogP contribution is -2.67. The Kier molecular flexibility index (Phi) is 8.77. The monoisotopic (exact) mass is 721 g/mol. The molecular formula is C38H29Cl2N5O4S. The Morgan fingerprint density at radius 3 is 1.72 bits per heavy atom. The standard InChI is InChI=1S/C38H29Cl2N5O4S/c1-48-26-15-7-21(8-16-26)30-28(19-20-3-11-24(39)12-4-20)33-29(32(42-36(41)43-33)23-5-13-25(40)14-6-23)31(22-9-17-27(49-2)18-10-22)38(30)34(46)44-37(50)45-35(38)47/h3-19,30-31H,1-2H3,(H2,41,42,43)(H2,44,45,46,47,50)/b28-19-. The van der Waals surface area contributed by atoms with E-state index in [1.54, 1.807) is 62.8 Å². The number of hydrogen-bond donors (Lipinski definition) is 3. The lowest BCUT2D eigenvalue weighted by Gasteiger charge is -2.50. The minimum absolute atomic E-state index is 0.00680. The van der Waals surface area contributed by atoms with E-state index in [1.807, 2.05) is 54.6 Å². The number of ether oxygens (including phenoxy) is 2. The maximum absolute atomic E-state index is 15.0. The van der Waals surface area contributed by atoms with Crippen molar-refractivity contribution >= 4 is 69.9 Å². The topological polar surface area (TPSA) is 128 Å². The number of fused-ring (bicyclic) bond motifs is 1. The summed E-state index contributed by atoms with van der Waals surface area (Å²) in [5.74, 6) is -1.86. The molecule has 2 aliphatic rings. The van der Waals surface area contributed by atoms with Crippen LogP contribution in [0, 0.1) is 5.41 Å². The summed E-state index contributed by atoms with van der Waals surface area (Å²) < 4.78 is 11.0. The van der Waals surface area contributed by atoms with Gasteiger partial charge in [-0.3, -0.25) is 9.59 Å². The molecule has 7 rings (SSSR count). The number of hydrogen-bond acceptors (Lipinski definition) is 8. The molecule has 0 radical (unpaired) electrons. The van der Waals surface area contributed by atoms with Gasteiger partial charge in [0.05, 0.1) is 25.6 Å². The third-order valence-corrected chi connectivity index (χ3v) is 9.87. The SMILES string of the molecule is COc1ccc(C2/C(=C/c3ccc(Cl)cc3)c3nc(N)nc(-c4ccc(Cl)cc4)c3C(c3ccc(OC)cc3)C23C(=O)NC(=S)NC3=O)cc1. The first-order valence-electron chi connectivity index (χ1n) is 15.5. The van der Waals surface area contributed by atoms with Crippen LogP contribution in [0.5, 0.6) is 11.5 Å². The van der Waals surface area contributed by atoms with Gasteiger partial charge in [0.1, 0.15) is 11.5 Å². The Labute approximate surface area is 303 Å². The number of anilines is 1. The number of carbonyl (C=O) groups is 2. The van der Waals surface area contributed by atoms with E-state index in [1.165, 1.54) is 0 Å². The smallest absolute Gasteiger partial charge is 0.243 e. The second-order valence-corrected chi connectivity index (χ2v) is 13.2. The molecule has 0 bridgehead atoms. The van der Waals surface area contributed by atoms with E-state index >= 15 is 0 Å². The highest BCUT2D eigenvalue weighted by molar-refractivity contribution is 7.80. The summed E-state index contributed by atoms with van der Waals surface area (Å²) in [5.41, 5.74) is 9.32. The third kappa shape index (κ3) is 5.65. The highest BCUT2D eigenvalue weighted by Crippen LogP contribution is 2.62. The van der Waals surface area contributed by atoms with Crippen LogP contribution in [0.4, 0.5) is 5.95 Å². The van der Waals surface area contributed by atoms with Gasteiger partial charge in [-0.05, 0) is 89.1 Å². The predicted molar refractivity (Wildman–Crippen MR) is 198 cm³/mol. The van der Waals surface area contributed by atoms with Gasteiger partial charge in [0.15, 0.2) is 10.5 Å². The van der Waals surface area contributed by atoms with E-state index in [0.29, 0.717) is 60.8 Å². The number of thiocarbonyl (C=S) groups is 1. The second kappa shape index (κ2) is 13.2. The van der Waals surface area contributed by atoms with Gasteiger partial charge in [0.25, 0.3) is 0 Å². The van der Waals surface area contributed by atoms with E-state index in [0.717, 1.165) is 5.56 Å². The first-order valence-corrected chi connectivity index (χ1v) is 16.7. The molecule has 1 saturated heterocycles. The molecule has 1 aromatic heterocycles. The lowest BCUT2D eigenvalue weighted by molar-refractivity contribution is -0.145. The number of amides is 2. The number of rotatable bonds is 6. The molecule has 1 aliphatic carbocycles. The molecule has 50 heavy (non-hydrogen) atoms. The Morgan fingerprint density at radius 2 is 1.20 bits per heavy atom. The van der Waals surface area contributed by atoms with Crippen molar-refractivity contribution in [2.75, 3.05) is 20.0 Å². The maximum atomic E-state index is 15.0. The molecule has 0 saturated carbocycles. The van der Waals surface area contributed by atoms with Crippen LogP contribution in [0.15, 0.2) is 97.1 Å². The lowest BCUT2D eigenvalue weighted by atomic mass is 9.52. The first kappa shape index (κ1) is 33.2. The van der Waals surface area contributed by atoms with Crippen LogP contribution < -0.4 is 25.8 Å². The normalized spacial score (nSPS) is 18.7. The van der Waals surface area contributed by atoms with Crippen LogP contribution >= 0.6 is 35.4 Å². The fourth-order valence-corrected chi connectivity index (χ4v) is 7.45. The number of nitrogens with two attached hydrogens (primary N) is 1. The van der Waals surface area contributed by atoms with Crippen LogP contribution in [0.25, 0.3) is 22.9 Å². The number of aromatic nitrogens is 2. The number of nitrogens with zero attached hydrogens (tertiary/aromatic N) is 2. The van der Waals surface area contributed by atoms with Gasteiger partial charge < -0.3 is 25.8 Å². The summed E-state index contributed by atoms with van der Waals surface area (Å²) in [7, 11) is 3.14. The van der Waals surface area contributed by atoms with E-state index in [9.17, 15) is 9.59 Å². The van der Waals surface area contributed by atoms with Crippen LogP contribution in [0.3, 0.4) is 0 Å². The Balaban J connectivity index is 1.67. The number of methoxy groups -OCH3 is 2. The van der Waals surface area contributed by atoms with Crippen molar-refractivity contribution in [3.05, 3.63) is 135 Å². The van der Waals surface area contributed by atoms with Crippen molar-refractivity contribution in [1.29, 1.82) is 0 Å². The first-order chi connectivity index (χ1) is 24.1. The minimum atomic E-state index is -1.88. The summed E-state index contributed by atoms with van der Waals surface area (Å²) in [6, 6.07) is 28.9. The van der Waals surface area contributed by atoms with Crippen LogP contribution in [-0.4, -0.2) is 41.1 Å². The summed E-state index contributed by atoms with van der Waals surface area (Å²) in [4.78, 5) is 39.6. The van der Waals surface area contributed by atoms with Crippen molar-refractivity contribution < 1.29 is 19.1 Å². The van der Waals surface area contributed by atoms with Crippen LogP contribution in [-0.2, 0) is 9.59 Å². The quantitative estimate of drug-likeness (QED) is 0.126. The zero-order valence-electron chi connectivity index (χ0n) is 26.7. The predicted octanol–water partition coefficient (Wildman–Crippen LogP) is 7.04. The van der Waals surface area contributed by atoms with Crippen molar-refractivity contribution in [3.63, 3.8) is 0 Å². The average Bonchev–Trinajstić information content (AvgIpc) is 3.12. The van der Waals surface area contributed by atoms with Gasteiger partial charge in [-0.2, -0.15) is 0 Å². The zero-order valence-corrected chi connectivity index (χ0v) is 29.1. The molecule has 2 atom stereocenters. The van der Waals surface area contributed by atoms with E-state index in [4.69, 9.17) is 60.6 Å². The number of nitrogen functional groups attached to an aromatic ring is 1. The van der Waals surface area contributed by atoms with Gasteiger partial charge in [0.2, 0.25) is 17.8 Å². The summed E-state index contributed by atoms with van der Waals surface area (Å²) >= 11 is 18.0. The fourth-order valence-electron chi connectivity index (χ4n) is 7.01. The van der Waals surface area contributed by atoms with E-state index in [2.05, 4.69) is 10.6 Å². The molecule has 2 unspecified atom stereocenters. The van der Waals surface area contributed by atoms with Gasteiger partial charge in [-0.15, -0.1) is 0 Å². The van der Waals surface area contributed by atoms with Crippen molar-refractivity contribution in [2.24, 2.45) is 5.41 Å². The summed E-state index contributed by atoms with van der Waals surface area (Å²) in [6.07, 6.45) is 1.90. The zero-order chi connectivity index (χ0) is 35.2. The van der Waals surface area contributed by atoms with Gasteiger partial charge in [-0.25, -0.2) is 9.97 Å². The third-order valence-electron chi connectivity index (χ3n) is 9.16. The van der Waals surface area contributed by atoms with E-state index < -0.39 is 29.1 Å². The van der Waals surface area contributed by atoms with Gasteiger partial charge in [0, 0.05) is 33.0 Å². The molecule has 2 amide bonds. The number of nitrogens with one attached hydrogen (secondary N) is 2. The Morgan fingerprint density at radius 1 is 0.720 bits per heavy atom. The maximum Gasteiger partial charge on any atom is 0.243 e. The van der Waals surface area contributed by atoms with Crippen LogP contribution in [0.1, 0.15) is 39.8 Å². The highest BCUT2D eigenvalue weighted by atomic mass is 35.5. The number of benzene rings is 4. The molecule has 250 valence electrons.